The summed E-state index contributed by atoms with van der Waals surface area (Å²) in [5, 5.41) is 1.74. The predicted molar refractivity (Wildman–Crippen MR) is 88.6 cm³/mol. The maximum absolute atomic E-state index is 13.5. The molecule has 3 nitrogen and oxygen atoms in total. The van der Waals surface area contributed by atoms with E-state index in [1.807, 2.05) is 0 Å². The highest BCUT2D eigenvalue weighted by atomic mass is 32.1. The molecule has 0 fully saturated rings. The molecule has 3 aromatic heterocycles. The second-order valence-corrected chi connectivity index (χ2v) is 6.93. The standard InChI is InChI=1S/C16H12F3NO2S2/c1-3-22-15(21)13-8(2)12-9(16(17,18)19)7-10(20-14(12)24-13)11-5-4-6-23-11/h4-7H,3H2,1-2H3. The lowest BCUT2D eigenvalue weighted by Gasteiger charge is -2.10. The van der Waals surface area contributed by atoms with E-state index in [0.717, 1.165) is 17.4 Å². The van der Waals surface area contributed by atoms with Gasteiger partial charge in [-0.15, -0.1) is 22.7 Å². The molecule has 0 aromatic carbocycles. The van der Waals surface area contributed by atoms with Crippen molar-refractivity contribution >= 4 is 38.9 Å². The van der Waals surface area contributed by atoms with Crippen LogP contribution in [0, 0.1) is 6.92 Å². The van der Waals surface area contributed by atoms with Gasteiger partial charge in [-0.3, -0.25) is 0 Å². The van der Waals surface area contributed by atoms with E-state index in [-0.39, 0.29) is 33.0 Å². The van der Waals surface area contributed by atoms with Gasteiger partial charge in [-0.05, 0) is 36.9 Å². The van der Waals surface area contributed by atoms with E-state index in [1.165, 1.54) is 18.3 Å². The SMILES string of the molecule is CCOC(=O)c1sc2nc(-c3cccs3)cc(C(F)(F)F)c2c1C. The number of thiophene rings is 2. The quantitative estimate of drug-likeness (QED) is 0.568. The van der Waals surface area contributed by atoms with Crippen LogP contribution in [-0.4, -0.2) is 17.6 Å². The minimum absolute atomic E-state index is 0.0316. The third-order valence-electron chi connectivity index (χ3n) is 3.44. The minimum Gasteiger partial charge on any atom is -0.462 e. The highest BCUT2D eigenvalue weighted by Crippen LogP contribution is 2.42. The second kappa shape index (κ2) is 6.18. The number of carbonyl (C=O) groups is 1. The number of fused-ring (bicyclic) bond motifs is 1. The molecule has 0 aliphatic rings. The van der Waals surface area contributed by atoms with Crippen molar-refractivity contribution in [1.29, 1.82) is 0 Å². The van der Waals surface area contributed by atoms with Crippen LogP contribution in [0.25, 0.3) is 20.8 Å². The molecule has 8 heteroatoms. The number of hydrogen-bond acceptors (Lipinski definition) is 5. The zero-order valence-corrected chi connectivity index (χ0v) is 14.4. The van der Waals surface area contributed by atoms with Crippen molar-refractivity contribution < 1.29 is 22.7 Å². The monoisotopic (exact) mass is 371 g/mol. The Hall–Kier alpha value is -1.93. The summed E-state index contributed by atoms with van der Waals surface area (Å²) >= 11 is 2.25. The van der Waals surface area contributed by atoms with Crippen LogP contribution in [0.2, 0.25) is 0 Å². The van der Waals surface area contributed by atoms with Crippen molar-refractivity contribution in [2.24, 2.45) is 0 Å². The normalized spacial score (nSPS) is 11.9. The molecule has 0 N–H and O–H groups in total. The first-order valence-electron chi connectivity index (χ1n) is 7.05. The topological polar surface area (TPSA) is 39.2 Å². The number of pyridine rings is 1. The lowest BCUT2D eigenvalue weighted by Crippen LogP contribution is -2.07. The molecule has 3 aromatic rings. The Morgan fingerprint density at radius 1 is 1.38 bits per heavy atom. The van der Waals surface area contributed by atoms with Gasteiger partial charge in [0.15, 0.2) is 0 Å². The van der Waals surface area contributed by atoms with Gasteiger partial charge in [-0.2, -0.15) is 13.2 Å². The van der Waals surface area contributed by atoms with Crippen LogP contribution in [-0.2, 0) is 10.9 Å². The summed E-state index contributed by atoms with van der Waals surface area (Å²) in [6.07, 6.45) is -4.54. The van der Waals surface area contributed by atoms with Crippen LogP contribution < -0.4 is 0 Å². The van der Waals surface area contributed by atoms with Gasteiger partial charge in [-0.1, -0.05) is 6.07 Å². The first kappa shape index (κ1) is 16.9. The highest BCUT2D eigenvalue weighted by molar-refractivity contribution is 7.20. The second-order valence-electron chi connectivity index (χ2n) is 4.99. The number of carbonyl (C=O) groups excluding carboxylic acids is 1. The maximum Gasteiger partial charge on any atom is 0.417 e. The number of ether oxygens (including phenoxy) is 1. The van der Waals surface area contributed by atoms with Crippen LogP contribution in [0.15, 0.2) is 23.6 Å². The van der Waals surface area contributed by atoms with E-state index < -0.39 is 17.7 Å². The zero-order chi connectivity index (χ0) is 17.5. The number of rotatable bonds is 3. The Balaban J connectivity index is 2.29. The number of nitrogens with zero attached hydrogens (tertiary/aromatic N) is 1. The van der Waals surface area contributed by atoms with Crippen LogP contribution in [0.5, 0.6) is 0 Å². The first-order chi connectivity index (χ1) is 11.3. The molecule has 24 heavy (non-hydrogen) atoms. The molecule has 0 unspecified atom stereocenters. The number of alkyl halides is 3. The largest absolute Gasteiger partial charge is 0.462 e. The molecule has 0 amide bonds. The number of halogens is 3. The first-order valence-corrected chi connectivity index (χ1v) is 8.75. The molecule has 0 spiro atoms. The van der Waals surface area contributed by atoms with Crippen molar-refractivity contribution in [3.05, 3.63) is 39.6 Å². The molecule has 0 radical (unpaired) electrons. The zero-order valence-electron chi connectivity index (χ0n) is 12.7. The van der Waals surface area contributed by atoms with Crippen LogP contribution >= 0.6 is 22.7 Å². The minimum atomic E-state index is -4.54. The Kier molecular flexibility index (Phi) is 4.35. The summed E-state index contributed by atoms with van der Waals surface area (Å²) in [4.78, 5) is 17.3. The van der Waals surface area contributed by atoms with E-state index in [9.17, 15) is 18.0 Å². The lowest BCUT2D eigenvalue weighted by molar-refractivity contribution is -0.136. The summed E-state index contributed by atoms with van der Waals surface area (Å²) < 4.78 is 45.6. The van der Waals surface area contributed by atoms with Crippen molar-refractivity contribution in [1.82, 2.24) is 4.98 Å². The summed E-state index contributed by atoms with van der Waals surface area (Å²) in [5.74, 6) is -0.621. The van der Waals surface area contributed by atoms with E-state index in [4.69, 9.17) is 4.74 Å². The molecule has 0 saturated heterocycles. The van der Waals surface area contributed by atoms with E-state index >= 15 is 0 Å². The number of hydrogen-bond donors (Lipinski definition) is 0. The molecular formula is C16H12F3NO2S2. The average Bonchev–Trinajstić information content (AvgIpc) is 3.14. The van der Waals surface area contributed by atoms with Crippen molar-refractivity contribution in [3.8, 4) is 10.6 Å². The molecule has 126 valence electrons. The molecule has 0 saturated carbocycles. The van der Waals surface area contributed by atoms with Gasteiger partial charge in [0.1, 0.15) is 9.71 Å². The van der Waals surface area contributed by atoms with Crippen LogP contribution in [0.4, 0.5) is 13.2 Å². The van der Waals surface area contributed by atoms with Gasteiger partial charge >= 0.3 is 12.1 Å². The Morgan fingerprint density at radius 2 is 2.12 bits per heavy atom. The summed E-state index contributed by atoms with van der Waals surface area (Å²) in [7, 11) is 0. The lowest BCUT2D eigenvalue weighted by atomic mass is 10.1. The Labute approximate surface area is 143 Å². The van der Waals surface area contributed by atoms with Gasteiger partial charge in [0.2, 0.25) is 0 Å². The average molecular weight is 371 g/mol. The fourth-order valence-corrected chi connectivity index (χ4v) is 4.20. The third-order valence-corrected chi connectivity index (χ3v) is 5.50. The maximum atomic E-state index is 13.5. The van der Waals surface area contributed by atoms with E-state index in [0.29, 0.717) is 4.88 Å². The summed E-state index contributed by atoms with van der Waals surface area (Å²) in [6, 6.07) is 4.51. The molecule has 0 aliphatic heterocycles. The fraction of sp³-hybridized carbons (Fsp3) is 0.250. The number of aromatic nitrogens is 1. The van der Waals surface area contributed by atoms with Crippen LogP contribution in [0.3, 0.4) is 0 Å². The highest BCUT2D eigenvalue weighted by Gasteiger charge is 2.36. The van der Waals surface area contributed by atoms with Crippen LogP contribution in [0.1, 0.15) is 27.7 Å². The van der Waals surface area contributed by atoms with Gasteiger partial charge < -0.3 is 4.74 Å². The van der Waals surface area contributed by atoms with Gasteiger partial charge in [0, 0.05) is 5.39 Å². The van der Waals surface area contributed by atoms with Gasteiger partial charge in [0.25, 0.3) is 0 Å². The summed E-state index contributed by atoms with van der Waals surface area (Å²) in [5.41, 5.74) is -0.271. The number of esters is 1. The predicted octanol–water partition coefficient (Wildman–Crippen LogP) is 5.53. The van der Waals surface area contributed by atoms with Gasteiger partial charge in [0.05, 0.1) is 22.7 Å². The fourth-order valence-electron chi connectivity index (χ4n) is 2.41. The number of aryl methyl sites for hydroxylation is 1. The Morgan fingerprint density at radius 3 is 2.71 bits per heavy atom. The molecule has 0 aliphatic carbocycles. The van der Waals surface area contributed by atoms with E-state index in [1.54, 1.807) is 24.4 Å². The third kappa shape index (κ3) is 2.91. The molecule has 0 atom stereocenters. The van der Waals surface area contributed by atoms with Crippen molar-refractivity contribution in [3.63, 3.8) is 0 Å². The molecule has 0 bridgehead atoms. The molecule has 3 heterocycles. The van der Waals surface area contributed by atoms with Gasteiger partial charge in [-0.25, -0.2) is 9.78 Å². The van der Waals surface area contributed by atoms with E-state index in [2.05, 4.69) is 4.98 Å². The Bertz CT molecular complexity index is 898. The summed E-state index contributed by atoms with van der Waals surface area (Å²) in [6.45, 7) is 3.30. The van der Waals surface area contributed by atoms with Crippen molar-refractivity contribution in [2.75, 3.05) is 6.61 Å². The molecule has 3 rings (SSSR count). The smallest absolute Gasteiger partial charge is 0.417 e. The van der Waals surface area contributed by atoms with Crippen molar-refractivity contribution in [2.45, 2.75) is 20.0 Å². The molecular weight excluding hydrogens is 359 g/mol.